The first-order valence-corrected chi connectivity index (χ1v) is 5.57. The Morgan fingerprint density at radius 3 is 3.14 bits per heavy atom. The summed E-state index contributed by atoms with van der Waals surface area (Å²) in [6.45, 7) is 0.939. The predicted octanol–water partition coefficient (Wildman–Crippen LogP) is 2.33. The van der Waals surface area contributed by atoms with Crippen LogP contribution in [0.25, 0.3) is 0 Å². The number of fused-ring (bicyclic) bond motifs is 1. The van der Waals surface area contributed by atoms with Gasteiger partial charge in [-0.2, -0.15) is 12.6 Å². The quantitative estimate of drug-likeness (QED) is 0.715. The van der Waals surface area contributed by atoms with E-state index in [2.05, 4.69) is 17.9 Å². The van der Waals surface area contributed by atoms with Crippen molar-refractivity contribution in [2.24, 2.45) is 0 Å². The minimum absolute atomic E-state index is 0.0820. The van der Waals surface area contributed by atoms with Crippen molar-refractivity contribution in [2.75, 3.05) is 12.3 Å². The van der Waals surface area contributed by atoms with Crippen LogP contribution in [0.4, 0.5) is 4.39 Å². The lowest BCUT2D eigenvalue weighted by Crippen LogP contribution is -2.31. The number of hydrogen-bond acceptors (Lipinski definition) is 2. The smallest absolute Gasteiger partial charge is 0.128 e. The first kappa shape index (κ1) is 9.99. The van der Waals surface area contributed by atoms with E-state index in [1.54, 1.807) is 6.07 Å². The van der Waals surface area contributed by atoms with Crippen molar-refractivity contribution in [2.45, 2.75) is 18.9 Å². The molecule has 1 aromatic rings. The molecule has 14 heavy (non-hydrogen) atoms. The van der Waals surface area contributed by atoms with Crippen LogP contribution in [0, 0.1) is 5.82 Å². The van der Waals surface area contributed by atoms with Gasteiger partial charge in [-0.15, -0.1) is 0 Å². The van der Waals surface area contributed by atoms with Gasteiger partial charge in [-0.1, -0.05) is 12.1 Å². The highest BCUT2D eigenvalue weighted by atomic mass is 32.1. The van der Waals surface area contributed by atoms with E-state index in [9.17, 15) is 4.39 Å². The first-order valence-electron chi connectivity index (χ1n) is 4.94. The molecule has 0 amide bonds. The molecule has 0 aliphatic carbocycles. The van der Waals surface area contributed by atoms with Crippen molar-refractivity contribution in [3.8, 4) is 0 Å². The normalized spacial score (nSPS) is 20.6. The van der Waals surface area contributed by atoms with Crippen LogP contribution in [0.5, 0.6) is 0 Å². The summed E-state index contributed by atoms with van der Waals surface area (Å²) in [6, 6.07) is 5.50. The molecule has 1 aromatic carbocycles. The molecule has 3 heteroatoms. The zero-order valence-electron chi connectivity index (χ0n) is 7.96. The van der Waals surface area contributed by atoms with Gasteiger partial charge in [0.05, 0.1) is 0 Å². The lowest BCUT2D eigenvalue weighted by Gasteiger charge is -2.26. The summed E-state index contributed by atoms with van der Waals surface area (Å²) in [5.41, 5.74) is 2.00. The molecule has 76 valence electrons. The fourth-order valence-electron chi connectivity index (χ4n) is 2.05. The predicted molar refractivity (Wildman–Crippen MR) is 59.3 cm³/mol. The van der Waals surface area contributed by atoms with E-state index in [0.717, 1.165) is 36.3 Å². The van der Waals surface area contributed by atoms with Gasteiger partial charge in [0.15, 0.2) is 0 Å². The molecule has 1 aliphatic rings. The maximum Gasteiger partial charge on any atom is 0.128 e. The van der Waals surface area contributed by atoms with Gasteiger partial charge in [-0.25, -0.2) is 4.39 Å². The third kappa shape index (κ3) is 1.79. The van der Waals surface area contributed by atoms with Crippen LogP contribution in [0.1, 0.15) is 23.6 Å². The topological polar surface area (TPSA) is 12.0 Å². The van der Waals surface area contributed by atoms with Gasteiger partial charge in [0.2, 0.25) is 0 Å². The Bertz CT molecular complexity index is 327. The highest BCUT2D eigenvalue weighted by Gasteiger charge is 2.21. The van der Waals surface area contributed by atoms with Crippen molar-refractivity contribution >= 4 is 12.6 Å². The highest BCUT2D eigenvalue weighted by Crippen LogP contribution is 2.27. The summed E-state index contributed by atoms with van der Waals surface area (Å²) in [4.78, 5) is 0. The van der Waals surface area contributed by atoms with E-state index in [1.807, 2.05) is 6.07 Å². The molecule has 0 saturated heterocycles. The molecule has 0 spiro atoms. The van der Waals surface area contributed by atoms with Gasteiger partial charge in [-0.3, -0.25) is 0 Å². The Hall–Kier alpha value is -0.540. The van der Waals surface area contributed by atoms with E-state index in [1.165, 1.54) is 6.07 Å². The minimum atomic E-state index is -0.0820. The number of halogens is 1. The van der Waals surface area contributed by atoms with Crippen molar-refractivity contribution in [1.29, 1.82) is 0 Å². The second kappa shape index (κ2) is 4.32. The molecule has 0 aromatic heterocycles. The van der Waals surface area contributed by atoms with Crippen LogP contribution in [-0.4, -0.2) is 12.3 Å². The van der Waals surface area contributed by atoms with Crippen molar-refractivity contribution in [1.82, 2.24) is 5.32 Å². The number of hydrogen-bond donors (Lipinski definition) is 2. The molecule has 1 atom stereocenters. The molecule has 0 radical (unpaired) electrons. The van der Waals surface area contributed by atoms with E-state index in [-0.39, 0.29) is 11.9 Å². The third-order valence-electron chi connectivity index (χ3n) is 2.69. The Morgan fingerprint density at radius 1 is 1.50 bits per heavy atom. The van der Waals surface area contributed by atoms with Crippen LogP contribution < -0.4 is 5.32 Å². The van der Waals surface area contributed by atoms with E-state index < -0.39 is 0 Å². The van der Waals surface area contributed by atoms with E-state index in [4.69, 9.17) is 0 Å². The highest BCUT2D eigenvalue weighted by molar-refractivity contribution is 7.80. The molecular weight excluding hydrogens is 197 g/mol. The second-order valence-corrected chi connectivity index (χ2v) is 4.03. The Balaban J connectivity index is 2.36. The first-order chi connectivity index (χ1) is 6.83. The molecule has 2 rings (SSSR count). The van der Waals surface area contributed by atoms with Crippen molar-refractivity contribution in [3.63, 3.8) is 0 Å². The van der Waals surface area contributed by atoms with Crippen LogP contribution in [0.3, 0.4) is 0 Å². The maximum absolute atomic E-state index is 13.6. The average Bonchev–Trinajstić information content (AvgIpc) is 2.19. The van der Waals surface area contributed by atoms with Gasteiger partial charge in [0.1, 0.15) is 5.82 Å². The van der Waals surface area contributed by atoms with E-state index >= 15 is 0 Å². The summed E-state index contributed by atoms with van der Waals surface area (Å²) >= 11 is 4.19. The fraction of sp³-hybridized carbons (Fsp3) is 0.455. The molecule has 1 aliphatic heterocycles. The van der Waals surface area contributed by atoms with Crippen LogP contribution in [0.2, 0.25) is 0 Å². The second-order valence-electron chi connectivity index (χ2n) is 3.58. The largest absolute Gasteiger partial charge is 0.309 e. The summed E-state index contributed by atoms with van der Waals surface area (Å²) < 4.78 is 13.6. The van der Waals surface area contributed by atoms with Crippen LogP contribution in [0.15, 0.2) is 18.2 Å². The SMILES string of the molecule is Fc1cccc2c1C(CCS)NCC2. The summed E-state index contributed by atoms with van der Waals surface area (Å²) in [5.74, 6) is 0.701. The van der Waals surface area contributed by atoms with Gasteiger partial charge in [-0.05, 0) is 36.8 Å². The number of rotatable bonds is 2. The molecule has 1 N–H and O–H groups in total. The van der Waals surface area contributed by atoms with Gasteiger partial charge < -0.3 is 5.32 Å². The summed E-state index contributed by atoms with van der Waals surface area (Å²) in [7, 11) is 0. The van der Waals surface area contributed by atoms with E-state index in [0.29, 0.717) is 0 Å². The minimum Gasteiger partial charge on any atom is -0.309 e. The Morgan fingerprint density at radius 2 is 2.36 bits per heavy atom. The Labute approximate surface area is 89.1 Å². The fourth-order valence-corrected chi connectivity index (χ4v) is 2.31. The lowest BCUT2D eigenvalue weighted by atomic mass is 9.92. The third-order valence-corrected chi connectivity index (χ3v) is 2.95. The molecular formula is C11H14FNS. The van der Waals surface area contributed by atoms with Crippen LogP contribution >= 0.6 is 12.6 Å². The molecule has 1 unspecified atom stereocenters. The number of nitrogens with one attached hydrogen (secondary N) is 1. The zero-order chi connectivity index (χ0) is 9.97. The van der Waals surface area contributed by atoms with Crippen molar-refractivity contribution in [3.05, 3.63) is 35.1 Å². The molecule has 1 heterocycles. The Kier molecular flexibility index (Phi) is 3.08. The summed E-state index contributed by atoms with van der Waals surface area (Å²) in [6.07, 6.45) is 1.81. The number of thiol groups is 1. The van der Waals surface area contributed by atoms with Gasteiger partial charge in [0, 0.05) is 11.6 Å². The standard InChI is InChI=1S/C11H14FNS/c12-9-3-1-2-8-4-6-13-10(5-7-14)11(8)9/h1-3,10,13-14H,4-7H2. The zero-order valence-corrected chi connectivity index (χ0v) is 8.86. The molecule has 0 bridgehead atoms. The molecule has 0 fully saturated rings. The van der Waals surface area contributed by atoms with Crippen LogP contribution in [-0.2, 0) is 6.42 Å². The lowest BCUT2D eigenvalue weighted by molar-refractivity contribution is 0.465. The van der Waals surface area contributed by atoms with Gasteiger partial charge >= 0.3 is 0 Å². The molecule has 0 saturated carbocycles. The molecule has 1 nitrogen and oxygen atoms in total. The average molecular weight is 211 g/mol. The number of benzene rings is 1. The monoisotopic (exact) mass is 211 g/mol. The summed E-state index contributed by atoms with van der Waals surface area (Å²) in [5, 5.41) is 3.33. The van der Waals surface area contributed by atoms with Crippen molar-refractivity contribution < 1.29 is 4.39 Å². The van der Waals surface area contributed by atoms with Gasteiger partial charge in [0.25, 0.3) is 0 Å². The maximum atomic E-state index is 13.6.